The van der Waals surface area contributed by atoms with Crippen molar-refractivity contribution in [2.45, 2.75) is 40.5 Å². The second-order valence-electron chi connectivity index (χ2n) is 8.78. The minimum Gasteiger partial charge on any atom is -0.353 e. The lowest BCUT2D eigenvalue weighted by Crippen LogP contribution is -2.50. The Balaban J connectivity index is 1.45. The summed E-state index contributed by atoms with van der Waals surface area (Å²) < 4.78 is 0. The van der Waals surface area contributed by atoms with Crippen LogP contribution in [0.3, 0.4) is 0 Å². The molecule has 33 heavy (non-hydrogen) atoms. The lowest BCUT2D eigenvalue weighted by molar-refractivity contribution is 0.208. The smallest absolute Gasteiger partial charge is 0.321 e. The van der Waals surface area contributed by atoms with E-state index in [9.17, 15) is 4.79 Å². The Morgan fingerprint density at radius 3 is 2.36 bits per heavy atom. The fourth-order valence-corrected chi connectivity index (χ4v) is 4.29. The highest BCUT2D eigenvalue weighted by Gasteiger charge is 2.25. The van der Waals surface area contributed by atoms with Gasteiger partial charge in [0, 0.05) is 49.5 Å². The van der Waals surface area contributed by atoms with Gasteiger partial charge in [0.15, 0.2) is 0 Å². The summed E-state index contributed by atoms with van der Waals surface area (Å²) >= 11 is 0. The molecule has 0 spiro atoms. The van der Waals surface area contributed by atoms with Gasteiger partial charge in [-0.15, -0.1) is 0 Å². The summed E-state index contributed by atoms with van der Waals surface area (Å²) in [5.41, 5.74) is 6.77. The van der Waals surface area contributed by atoms with Crippen molar-refractivity contribution < 1.29 is 4.79 Å². The van der Waals surface area contributed by atoms with E-state index in [1.807, 2.05) is 30.0 Å². The summed E-state index contributed by atoms with van der Waals surface area (Å²) in [7, 11) is 0. The Morgan fingerprint density at radius 2 is 1.67 bits per heavy atom. The second kappa shape index (κ2) is 10.0. The number of piperazine rings is 1. The van der Waals surface area contributed by atoms with Gasteiger partial charge in [0.2, 0.25) is 0 Å². The Bertz CT molecular complexity index is 1120. The molecule has 6 nitrogen and oxygen atoms in total. The quantitative estimate of drug-likeness (QED) is 0.609. The van der Waals surface area contributed by atoms with Crippen molar-refractivity contribution in [2.24, 2.45) is 0 Å². The van der Waals surface area contributed by atoms with Gasteiger partial charge in [-0.3, -0.25) is 0 Å². The molecule has 0 atom stereocenters. The van der Waals surface area contributed by atoms with E-state index in [0.29, 0.717) is 13.1 Å². The van der Waals surface area contributed by atoms with Crippen LogP contribution in [-0.2, 0) is 12.8 Å². The van der Waals surface area contributed by atoms with Crippen LogP contribution in [0.2, 0.25) is 0 Å². The van der Waals surface area contributed by atoms with Crippen molar-refractivity contribution >= 4 is 17.5 Å². The van der Waals surface area contributed by atoms with Gasteiger partial charge in [0.05, 0.1) is 0 Å². The summed E-state index contributed by atoms with van der Waals surface area (Å²) in [6.45, 7) is 11.0. The van der Waals surface area contributed by atoms with Crippen molar-refractivity contribution in [1.29, 1.82) is 0 Å². The molecule has 6 heteroatoms. The first-order valence-electron chi connectivity index (χ1n) is 11.7. The third kappa shape index (κ3) is 5.51. The van der Waals surface area contributed by atoms with Gasteiger partial charge < -0.3 is 15.1 Å². The third-order valence-corrected chi connectivity index (χ3v) is 6.26. The fourth-order valence-electron chi connectivity index (χ4n) is 4.29. The minimum absolute atomic E-state index is 0.0437. The number of amides is 2. The summed E-state index contributed by atoms with van der Waals surface area (Å²) in [6.07, 6.45) is 1.75. The van der Waals surface area contributed by atoms with Crippen LogP contribution in [0, 0.1) is 20.8 Å². The molecule has 0 radical (unpaired) electrons. The number of nitrogens with one attached hydrogen (secondary N) is 1. The van der Waals surface area contributed by atoms with E-state index in [2.05, 4.69) is 66.3 Å². The first kappa shape index (κ1) is 22.8. The summed E-state index contributed by atoms with van der Waals surface area (Å²) in [4.78, 5) is 26.5. The predicted molar refractivity (Wildman–Crippen MR) is 134 cm³/mol. The number of hydrogen-bond donors (Lipinski definition) is 1. The van der Waals surface area contributed by atoms with Gasteiger partial charge in [0.25, 0.3) is 0 Å². The first-order valence-corrected chi connectivity index (χ1v) is 11.7. The van der Waals surface area contributed by atoms with E-state index >= 15 is 0 Å². The van der Waals surface area contributed by atoms with Crippen LogP contribution < -0.4 is 10.2 Å². The molecule has 2 heterocycles. The highest BCUT2D eigenvalue weighted by Crippen LogP contribution is 2.25. The zero-order chi connectivity index (χ0) is 23.4. The number of benzene rings is 2. The van der Waals surface area contributed by atoms with Gasteiger partial charge in [-0.1, -0.05) is 48.9 Å². The van der Waals surface area contributed by atoms with Gasteiger partial charge in [0.1, 0.15) is 11.6 Å². The molecule has 1 aliphatic heterocycles. The van der Waals surface area contributed by atoms with E-state index in [4.69, 9.17) is 4.98 Å². The topological polar surface area (TPSA) is 61.4 Å². The number of hydrogen-bond acceptors (Lipinski definition) is 4. The van der Waals surface area contributed by atoms with Gasteiger partial charge in [-0.25, -0.2) is 14.8 Å². The van der Waals surface area contributed by atoms with Crippen molar-refractivity contribution in [3.63, 3.8) is 0 Å². The van der Waals surface area contributed by atoms with Crippen molar-refractivity contribution in [1.82, 2.24) is 14.9 Å². The number of anilines is 2. The van der Waals surface area contributed by atoms with Crippen LogP contribution in [0.15, 0.2) is 48.5 Å². The Kier molecular flexibility index (Phi) is 6.92. The molecule has 0 bridgehead atoms. The molecule has 0 unspecified atom stereocenters. The normalized spacial score (nSPS) is 13.8. The average molecular weight is 444 g/mol. The highest BCUT2D eigenvalue weighted by atomic mass is 16.2. The summed E-state index contributed by atoms with van der Waals surface area (Å²) in [5.74, 6) is 1.78. The number of carbonyl (C=O) groups excluding carboxylic acids is 1. The largest absolute Gasteiger partial charge is 0.353 e. The van der Waals surface area contributed by atoms with E-state index in [1.165, 1.54) is 22.3 Å². The molecule has 0 aliphatic carbocycles. The van der Waals surface area contributed by atoms with Crippen molar-refractivity contribution in [3.8, 4) is 0 Å². The maximum absolute atomic E-state index is 12.8. The van der Waals surface area contributed by atoms with E-state index < -0.39 is 0 Å². The summed E-state index contributed by atoms with van der Waals surface area (Å²) in [5, 5.41) is 3.05. The molecular formula is C27H33N5O. The number of rotatable bonds is 5. The zero-order valence-corrected chi connectivity index (χ0v) is 20.1. The molecule has 172 valence electrons. The van der Waals surface area contributed by atoms with E-state index in [0.717, 1.165) is 49.0 Å². The van der Waals surface area contributed by atoms with E-state index in [1.54, 1.807) is 0 Å². The molecule has 1 N–H and O–H groups in total. The molecule has 4 rings (SSSR count). The molecule has 1 aromatic heterocycles. The number of urea groups is 1. The zero-order valence-electron chi connectivity index (χ0n) is 20.1. The average Bonchev–Trinajstić information content (AvgIpc) is 2.82. The number of aromatic nitrogens is 2. The van der Waals surface area contributed by atoms with Gasteiger partial charge >= 0.3 is 6.03 Å². The Morgan fingerprint density at radius 1 is 0.939 bits per heavy atom. The van der Waals surface area contributed by atoms with Gasteiger partial charge in [-0.2, -0.15) is 0 Å². The number of aryl methyl sites for hydroxylation is 4. The molecule has 2 amide bonds. The molecule has 2 aromatic carbocycles. The minimum atomic E-state index is -0.0437. The maximum Gasteiger partial charge on any atom is 0.321 e. The Labute approximate surface area is 196 Å². The van der Waals surface area contributed by atoms with Crippen molar-refractivity contribution in [3.05, 3.63) is 82.3 Å². The van der Waals surface area contributed by atoms with Crippen LogP contribution >= 0.6 is 0 Å². The molecule has 0 saturated carbocycles. The van der Waals surface area contributed by atoms with Crippen LogP contribution in [0.25, 0.3) is 0 Å². The SMILES string of the molecule is CCc1cccc(NC(=O)N2CCN(c3nc(C)nc(C)c3Cc3ccc(C)cc3)CC2)c1. The van der Waals surface area contributed by atoms with E-state index in [-0.39, 0.29) is 6.03 Å². The van der Waals surface area contributed by atoms with Crippen LogP contribution in [-0.4, -0.2) is 47.1 Å². The molecule has 1 saturated heterocycles. The number of nitrogens with zero attached hydrogens (tertiary/aromatic N) is 4. The van der Waals surface area contributed by atoms with Crippen molar-refractivity contribution in [2.75, 3.05) is 36.4 Å². The van der Waals surface area contributed by atoms with Gasteiger partial charge in [-0.05, 0) is 50.5 Å². The lowest BCUT2D eigenvalue weighted by Gasteiger charge is -2.36. The maximum atomic E-state index is 12.8. The monoisotopic (exact) mass is 443 g/mol. The standard InChI is InChI=1S/C27H33N5O/c1-5-22-7-6-8-24(17-22)30-27(33)32-15-13-31(14-16-32)26-25(20(3)28-21(4)29-26)18-23-11-9-19(2)10-12-23/h6-12,17H,5,13-16,18H2,1-4H3,(H,30,33). The Hall–Kier alpha value is -3.41. The predicted octanol–water partition coefficient (Wildman–Crippen LogP) is 4.91. The molecule has 3 aromatic rings. The molecule has 1 fully saturated rings. The summed E-state index contributed by atoms with van der Waals surface area (Å²) in [6, 6.07) is 16.6. The third-order valence-electron chi connectivity index (χ3n) is 6.26. The molecular weight excluding hydrogens is 410 g/mol. The van der Waals surface area contributed by atoms with Crippen LogP contribution in [0.5, 0.6) is 0 Å². The number of carbonyl (C=O) groups is 1. The second-order valence-corrected chi connectivity index (χ2v) is 8.78. The van der Waals surface area contributed by atoms with Crippen LogP contribution in [0.1, 0.15) is 40.7 Å². The lowest BCUT2D eigenvalue weighted by atomic mass is 10.0. The fraction of sp³-hybridized carbons (Fsp3) is 0.370. The first-order chi connectivity index (χ1) is 15.9. The van der Waals surface area contributed by atoms with Crippen LogP contribution in [0.4, 0.5) is 16.3 Å². The molecule has 1 aliphatic rings. The highest BCUT2D eigenvalue weighted by molar-refractivity contribution is 5.89.